The molecule has 0 aromatic heterocycles. The highest BCUT2D eigenvalue weighted by Gasteiger charge is 2.42. The third-order valence-electron chi connectivity index (χ3n) is 3.63. The SMILES string of the molecule is O=C(N[C@H]1CO[C@@H]2CCO[C@H]12)c1ccc(OC(F)(F)F)cc1. The fourth-order valence-electron chi connectivity index (χ4n) is 2.65. The number of hydrogen-bond donors (Lipinski definition) is 1. The van der Waals surface area contributed by atoms with E-state index >= 15 is 0 Å². The first kappa shape index (κ1) is 15.1. The Morgan fingerprint density at radius 1 is 1.23 bits per heavy atom. The van der Waals surface area contributed by atoms with Crippen LogP contribution >= 0.6 is 0 Å². The predicted molar refractivity (Wildman–Crippen MR) is 68.5 cm³/mol. The van der Waals surface area contributed by atoms with E-state index in [1.54, 1.807) is 0 Å². The van der Waals surface area contributed by atoms with Crippen molar-refractivity contribution in [1.82, 2.24) is 5.32 Å². The zero-order chi connectivity index (χ0) is 15.7. The van der Waals surface area contributed by atoms with Crippen LogP contribution in [0.2, 0.25) is 0 Å². The van der Waals surface area contributed by atoms with Gasteiger partial charge in [-0.15, -0.1) is 13.2 Å². The number of benzene rings is 1. The van der Waals surface area contributed by atoms with Crippen molar-refractivity contribution in [3.63, 3.8) is 0 Å². The van der Waals surface area contributed by atoms with Crippen LogP contribution in [0.5, 0.6) is 5.75 Å². The zero-order valence-electron chi connectivity index (χ0n) is 11.4. The van der Waals surface area contributed by atoms with E-state index in [0.29, 0.717) is 13.2 Å². The van der Waals surface area contributed by atoms with Gasteiger partial charge in [0, 0.05) is 12.2 Å². The second-order valence-electron chi connectivity index (χ2n) is 5.15. The van der Waals surface area contributed by atoms with Crippen LogP contribution in [0.1, 0.15) is 16.8 Å². The highest BCUT2D eigenvalue weighted by molar-refractivity contribution is 5.94. The van der Waals surface area contributed by atoms with Crippen LogP contribution in [0.3, 0.4) is 0 Å². The lowest BCUT2D eigenvalue weighted by Gasteiger charge is -2.17. The summed E-state index contributed by atoms with van der Waals surface area (Å²) in [7, 11) is 0. The molecular formula is C14H14F3NO4. The van der Waals surface area contributed by atoms with E-state index in [1.165, 1.54) is 12.1 Å². The fourth-order valence-corrected chi connectivity index (χ4v) is 2.65. The molecule has 2 heterocycles. The molecular weight excluding hydrogens is 303 g/mol. The molecule has 0 radical (unpaired) electrons. The Morgan fingerprint density at radius 3 is 2.64 bits per heavy atom. The van der Waals surface area contributed by atoms with Crippen LogP contribution in [0.4, 0.5) is 13.2 Å². The molecule has 2 aliphatic heterocycles. The number of carbonyl (C=O) groups is 1. The minimum absolute atomic E-state index is 0.00728. The maximum atomic E-state index is 12.1. The number of carbonyl (C=O) groups excluding carboxylic acids is 1. The van der Waals surface area contributed by atoms with E-state index in [1.807, 2.05) is 0 Å². The van der Waals surface area contributed by atoms with Gasteiger partial charge in [0.25, 0.3) is 5.91 Å². The maximum Gasteiger partial charge on any atom is 0.573 e. The molecule has 1 amide bonds. The molecule has 1 aromatic rings. The molecule has 2 saturated heterocycles. The number of amides is 1. The van der Waals surface area contributed by atoms with Crippen molar-refractivity contribution >= 4 is 5.91 Å². The fraction of sp³-hybridized carbons (Fsp3) is 0.500. The van der Waals surface area contributed by atoms with Gasteiger partial charge < -0.3 is 19.5 Å². The monoisotopic (exact) mass is 317 g/mol. The van der Waals surface area contributed by atoms with E-state index in [2.05, 4.69) is 10.1 Å². The molecule has 0 saturated carbocycles. The molecule has 5 nitrogen and oxygen atoms in total. The lowest BCUT2D eigenvalue weighted by molar-refractivity contribution is -0.274. The first-order valence-electron chi connectivity index (χ1n) is 6.82. The van der Waals surface area contributed by atoms with Gasteiger partial charge in [-0.25, -0.2) is 0 Å². The quantitative estimate of drug-likeness (QED) is 0.925. The average molecular weight is 317 g/mol. The van der Waals surface area contributed by atoms with Gasteiger partial charge in [-0.05, 0) is 30.7 Å². The van der Waals surface area contributed by atoms with Gasteiger partial charge in [-0.2, -0.15) is 0 Å². The zero-order valence-corrected chi connectivity index (χ0v) is 11.4. The minimum Gasteiger partial charge on any atom is -0.406 e. The van der Waals surface area contributed by atoms with Crippen LogP contribution in [0, 0.1) is 0 Å². The van der Waals surface area contributed by atoms with Crippen molar-refractivity contribution < 1.29 is 32.2 Å². The van der Waals surface area contributed by atoms with Gasteiger partial charge in [-0.3, -0.25) is 4.79 Å². The summed E-state index contributed by atoms with van der Waals surface area (Å²) in [5, 5.41) is 2.78. The van der Waals surface area contributed by atoms with E-state index in [0.717, 1.165) is 18.6 Å². The molecule has 120 valence electrons. The first-order valence-corrected chi connectivity index (χ1v) is 6.82. The Bertz CT molecular complexity index is 546. The van der Waals surface area contributed by atoms with E-state index in [-0.39, 0.29) is 35.5 Å². The standard InChI is InChI=1S/C14H14F3NO4/c15-14(16,17)22-9-3-1-8(2-4-9)13(19)18-10-7-21-11-5-6-20-12(10)11/h1-4,10-12H,5-7H2,(H,18,19)/t10-,11+,12+/m0/s1. The number of nitrogens with one attached hydrogen (secondary N) is 1. The molecule has 1 aromatic carbocycles. The van der Waals surface area contributed by atoms with Gasteiger partial charge >= 0.3 is 6.36 Å². The normalized spacial score (nSPS) is 27.5. The summed E-state index contributed by atoms with van der Waals surface area (Å²) >= 11 is 0. The molecule has 22 heavy (non-hydrogen) atoms. The summed E-state index contributed by atoms with van der Waals surface area (Å²) in [6.07, 6.45) is -4.09. The predicted octanol–water partition coefficient (Wildman–Crippen LogP) is 1.87. The van der Waals surface area contributed by atoms with E-state index < -0.39 is 6.36 Å². The van der Waals surface area contributed by atoms with Crippen molar-refractivity contribution in [3.8, 4) is 5.75 Å². The molecule has 3 atom stereocenters. The number of ether oxygens (including phenoxy) is 3. The van der Waals surface area contributed by atoms with Gasteiger partial charge in [0.2, 0.25) is 0 Å². The van der Waals surface area contributed by atoms with Crippen molar-refractivity contribution in [2.75, 3.05) is 13.2 Å². The topological polar surface area (TPSA) is 56.8 Å². The molecule has 0 unspecified atom stereocenters. The summed E-state index contributed by atoms with van der Waals surface area (Å²) in [5.74, 6) is -0.754. The summed E-state index contributed by atoms with van der Waals surface area (Å²) < 4.78 is 51.0. The summed E-state index contributed by atoms with van der Waals surface area (Å²) in [4.78, 5) is 12.1. The Kier molecular flexibility index (Phi) is 3.96. The van der Waals surface area contributed by atoms with Crippen LogP contribution in [-0.2, 0) is 9.47 Å². The maximum absolute atomic E-state index is 12.1. The molecule has 8 heteroatoms. The van der Waals surface area contributed by atoms with Crippen LogP contribution < -0.4 is 10.1 Å². The molecule has 0 spiro atoms. The highest BCUT2D eigenvalue weighted by Crippen LogP contribution is 2.27. The molecule has 0 bridgehead atoms. The van der Waals surface area contributed by atoms with Crippen molar-refractivity contribution in [3.05, 3.63) is 29.8 Å². The summed E-state index contributed by atoms with van der Waals surface area (Å²) in [6.45, 7) is 0.974. The lowest BCUT2D eigenvalue weighted by Crippen LogP contribution is -2.43. The Morgan fingerprint density at radius 2 is 1.95 bits per heavy atom. The average Bonchev–Trinajstić information content (AvgIpc) is 3.02. The Hall–Kier alpha value is -1.80. The van der Waals surface area contributed by atoms with Crippen molar-refractivity contribution in [2.45, 2.75) is 31.0 Å². The number of alkyl halides is 3. The van der Waals surface area contributed by atoms with Gasteiger partial charge in [0.1, 0.15) is 11.9 Å². The lowest BCUT2D eigenvalue weighted by atomic mass is 10.1. The number of rotatable bonds is 3. The highest BCUT2D eigenvalue weighted by atomic mass is 19.4. The van der Waals surface area contributed by atoms with Gasteiger partial charge in [0.05, 0.1) is 18.8 Å². The first-order chi connectivity index (χ1) is 10.4. The molecule has 2 fully saturated rings. The number of fused-ring (bicyclic) bond motifs is 1. The van der Waals surface area contributed by atoms with Crippen LogP contribution in [0.15, 0.2) is 24.3 Å². The number of halogens is 3. The van der Waals surface area contributed by atoms with Gasteiger partial charge in [-0.1, -0.05) is 0 Å². The smallest absolute Gasteiger partial charge is 0.406 e. The minimum atomic E-state index is -4.75. The third kappa shape index (κ3) is 3.33. The van der Waals surface area contributed by atoms with Crippen LogP contribution in [-0.4, -0.2) is 43.7 Å². The second-order valence-corrected chi connectivity index (χ2v) is 5.15. The Labute approximate surface area is 124 Å². The molecule has 2 aliphatic rings. The molecule has 3 rings (SSSR count). The van der Waals surface area contributed by atoms with Crippen molar-refractivity contribution in [1.29, 1.82) is 0 Å². The summed E-state index contributed by atoms with van der Waals surface area (Å²) in [5.41, 5.74) is 0.246. The Balaban J connectivity index is 1.60. The molecule has 0 aliphatic carbocycles. The van der Waals surface area contributed by atoms with E-state index in [9.17, 15) is 18.0 Å². The van der Waals surface area contributed by atoms with Gasteiger partial charge in [0.15, 0.2) is 0 Å². The third-order valence-corrected chi connectivity index (χ3v) is 3.63. The van der Waals surface area contributed by atoms with Crippen molar-refractivity contribution in [2.24, 2.45) is 0 Å². The largest absolute Gasteiger partial charge is 0.573 e. The van der Waals surface area contributed by atoms with Crippen LogP contribution in [0.25, 0.3) is 0 Å². The second kappa shape index (κ2) is 5.77. The molecule has 1 N–H and O–H groups in total. The number of hydrogen-bond acceptors (Lipinski definition) is 4. The van der Waals surface area contributed by atoms with E-state index in [4.69, 9.17) is 9.47 Å². The summed E-state index contributed by atoms with van der Waals surface area (Å²) in [6, 6.07) is 4.51.